The van der Waals surface area contributed by atoms with Crippen molar-refractivity contribution in [3.8, 4) is 0 Å². The second kappa shape index (κ2) is 3.76. The number of allylic oxidation sites excluding steroid dienone is 1. The van der Waals surface area contributed by atoms with Gasteiger partial charge in [-0.3, -0.25) is 0 Å². The molecule has 0 aliphatic heterocycles. The van der Waals surface area contributed by atoms with E-state index in [1.165, 1.54) is 31.2 Å². The third-order valence-electron chi connectivity index (χ3n) is 3.98. The summed E-state index contributed by atoms with van der Waals surface area (Å²) in [6.07, 6.45) is 7.65. The van der Waals surface area contributed by atoms with Gasteiger partial charge in [-0.1, -0.05) is 31.2 Å². The Morgan fingerprint density at radius 1 is 1.06 bits per heavy atom. The normalized spacial score (nSPS) is 21.8. The largest absolute Gasteiger partial charge is 0.102 e. The number of hydrogen-bond acceptors (Lipinski definition) is 0. The molecule has 0 amide bonds. The molecule has 0 nitrogen and oxygen atoms in total. The average molecular weight is 212 g/mol. The quantitative estimate of drug-likeness (QED) is 0.633. The number of rotatable bonds is 4. The summed E-state index contributed by atoms with van der Waals surface area (Å²) in [6.45, 7) is 6.16. The fourth-order valence-electron chi connectivity index (χ4n) is 2.41. The Morgan fingerprint density at radius 2 is 1.56 bits per heavy atom. The Bertz CT molecular complexity index is 378. The Balaban J connectivity index is 1.98. The van der Waals surface area contributed by atoms with E-state index in [9.17, 15) is 0 Å². The van der Waals surface area contributed by atoms with Gasteiger partial charge in [-0.25, -0.2) is 0 Å². The zero-order valence-corrected chi connectivity index (χ0v) is 10.1. The maximum Gasteiger partial charge on any atom is -0.00129 e. The molecule has 0 spiro atoms. The van der Waals surface area contributed by atoms with Crippen molar-refractivity contribution in [1.29, 1.82) is 0 Å². The highest BCUT2D eigenvalue weighted by molar-refractivity contribution is 5.39. The van der Waals surface area contributed by atoms with Crippen LogP contribution in [0.25, 0.3) is 0 Å². The molecule has 16 heavy (non-hydrogen) atoms. The van der Waals surface area contributed by atoms with Crippen LogP contribution in [0.3, 0.4) is 0 Å². The lowest BCUT2D eigenvalue weighted by molar-refractivity contribution is 0.945. The highest BCUT2D eigenvalue weighted by Gasteiger charge is 2.28. The fourth-order valence-corrected chi connectivity index (χ4v) is 2.41. The van der Waals surface area contributed by atoms with Gasteiger partial charge in [-0.05, 0) is 60.1 Å². The minimum Gasteiger partial charge on any atom is -0.102 e. The summed E-state index contributed by atoms with van der Waals surface area (Å²) >= 11 is 0. The molecular formula is C16H20. The van der Waals surface area contributed by atoms with Crippen LogP contribution in [0.4, 0.5) is 0 Å². The van der Waals surface area contributed by atoms with Gasteiger partial charge in [-0.15, -0.1) is 6.58 Å². The molecule has 1 aromatic rings. The van der Waals surface area contributed by atoms with Crippen LogP contribution in [-0.2, 0) is 0 Å². The van der Waals surface area contributed by atoms with Gasteiger partial charge >= 0.3 is 0 Å². The van der Waals surface area contributed by atoms with Crippen molar-refractivity contribution in [3.63, 3.8) is 0 Å². The summed E-state index contributed by atoms with van der Waals surface area (Å²) < 4.78 is 0. The van der Waals surface area contributed by atoms with Crippen molar-refractivity contribution in [2.45, 2.75) is 50.4 Å². The summed E-state index contributed by atoms with van der Waals surface area (Å²) in [4.78, 5) is 0. The van der Waals surface area contributed by atoms with Crippen molar-refractivity contribution in [3.05, 3.63) is 47.5 Å². The molecule has 0 aromatic heterocycles. The maximum absolute atomic E-state index is 3.92. The summed E-state index contributed by atoms with van der Waals surface area (Å²) in [5.74, 6) is 2.24. The molecule has 2 saturated carbocycles. The van der Waals surface area contributed by atoms with Gasteiger partial charge in [0.05, 0.1) is 0 Å². The molecule has 2 fully saturated rings. The zero-order chi connectivity index (χ0) is 11.1. The lowest BCUT2D eigenvalue weighted by Gasteiger charge is -2.12. The molecule has 2 aliphatic rings. The standard InChI is InChI=1S/C16H20/c1-3-11(2)14-8-15(12-4-5-12)10-16(9-14)13-6-7-13/h3,8-13H,1,4-7H2,2H3. The Kier molecular flexibility index (Phi) is 2.38. The Labute approximate surface area is 98.4 Å². The van der Waals surface area contributed by atoms with Crippen LogP contribution >= 0.6 is 0 Å². The highest BCUT2D eigenvalue weighted by atomic mass is 14.3. The maximum atomic E-state index is 3.92. The first-order valence-electron chi connectivity index (χ1n) is 6.55. The van der Waals surface area contributed by atoms with Crippen molar-refractivity contribution in [1.82, 2.24) is 0 Å². The second-order valence-electron chi connectivity index (χ2n) is 5.51. The third kappa shape index (κ3) is 1.93. The summed E-state index contributed by atoms with van der Waals surface area (Å²) in [7, 11) is 0. The van der Waals surface area contributed by atoms with Gasteiger partial charge in [0.1, 0.15) is 0 Å². The Hall–Kier alpha value is -1.04. The van der Waals surface area contributed by atoms with Crippen molar-refractivity contribution >= 4 is 0 Å². The molecule has 0 bridgehead atoms. The van der Waals surface area contributed by atoms with Gasteiger partial charge in [0.2, 0.25) is 0 Å². The SMILES string of the molecule is C=CC(C)c1cc(C2CC2)cc(C2CC2)c1. The molecule has 1 unspecified atom stereocenters. The molecular weight excluding hydrogens is 192 g/mol. The van der Waals surface area contributed by atoms with E-state index < -0.39 is 0 Å². The summed E-state index contributed by atoms with van der Waals surface area (Å²) in [5, 5.41) is 0. The average Bonchev–Trinajstić information content (AvgIpc) is 3.20. The predicted molar refractivity (Wildman–Crippen MR) is 69.0 cm³/mol. The summed E-state index contributed by atoms with van der Waals surface area (Å²) in [6, 6.07) is 7.29. The van der Waals surface area contributed by atoms with Gasteiger partial charge < -0.3 is 0 Å². The minimum absolute atomic E-state index is 0.496. The first kappa shape index (κ1) is 10.1. The third-order valence-corrected chi connectivity index (χ3v) is 3.98. The van der Waals surface area contributed by atoms with E-state index in [-0.39, 0.29) is 0 Å². The second-order valence-corrected chi connectivity index (χ2v) is 5.51. The minimum atomic E-state index is 0.496. The monoisotopic (exact) mass is 212 g/mol. The highest BCUT2D eigenvalue weighted by Crippen LogP contribution is 2.45. The molecule has 1 atom stereocenters. The van der Waals surface area contributed by atoms with Crippen LogP contribution in [0.2, 0.25) is 0 Å². The van der Waals surface area contributed by atoms with E-state index in [0.29, 0.717) is 5.92 Å². The van der Waals surface area contributed by atoms with E-state index in [1.54, 1.807) is 11.1 Å². The van der Waals surface area contributed by atoms with Crippen LogP contribution in [0.15, 0.2) is 30.9 Å². The van der Waals surface area contributed by atoms with Crippen LogP contribution in [0.5, 0.6) is 0 Å². The Morgan fingerprint density at radius 3 is 1.94 bits per heavy atom. The van der Waals surface area contributed by atoms with Gasteiger partial charge in [0.15, 0.2) is 0 Å². The van der Waals surface area contributed by atoms with E-state index >= 15 is 0 Å². The first-order chi connectivity index (χ1) is 7.78. The molecule has 0 heterocycles. The fraction of sp³-hybridized carbons (Fsp3) is 0.500. The van der Waals surface area contributed by atoms with Gasteiger partial charge in [-0.2, -0.15) is 0 Å². The summed E-state index contributed by atoms with van der Waals surface area (Å²) in [5.41, 5.74) is 4.66. The predicted octanol–water partition coefficient (Wildman–Crippen LogP) is 4.73. The van der Waals surface area contributed by atoms with E-state index in [4.69, 9.17) is 0 Å². The number of benzene rings is 1. The van der Waals surface area contributed by atoms with Crippen LogP contribution in [-0.4, -0.2) is 0 Å². The molecule has 1 aromatic carbocycles. The lowest BCUT2D eigenvalue weighted by Crippen LogP contribution is -1.94. The molecule has 2 aliphatic carbocycles. The molecule has 0 heteroatoms. The van der Waals surface area contributed by atoms with Gasteiger partial charge in [0, 0.05) is 0 Å². The van der Waals surface area contributed by atoms with Crippen molar-refractivity contribution < 1.29 is 0 Å². The molecule has 0 saturated heterocycles. The van der Waals surface area contributed by atoms with Crippen LogP contribution in [0.1, 0.15) is 67.1 Å². The van der Waals surface area contributed by atoms with Crippen LogP contribution < -0.4 is 0 Å². The smallest absolute Gasteiger partial charge is 0.00129 e. The number of hydrogen-bond donors (Lipinski definition) is 0. The lowest BCUT2D eigenvalue weighted by atomic mass is 9.93. The topological polar surface area (TPSA) is 0 Å². The van der Waals surface area contributed by atoms with E-state index in [1.807, 2.05) is 0 Å². The van der Waals surface area contributed by atoms with E-state index in [2.05, 4.69) is 37.8 Å². The van der Waals surface area contributed by atoms with Crippen molar-refractivity contribution in [2.24, 2.45) is 0 Å². The van der Waals surface area contributed by atoms with E-state index in [0.717, 1.165) is 11.8 Å². The molecule has 3 rings (SSSR count). The first-order valence-corrected chi connectivity index (χ1v) is 6.55. The van der Waals surface area contributed by atoms with Gasteiger partial charge in [0.25, 0.3) is 0 Å². The van der Waals surface area contributed by atoms with Crippen LogP contribution in [0, 0.1) is 0 Å². The molecule has 0 radical (unpaired) electrons. The zero-order valence-electron chi connectivity index (χ0n) is 10.1. The van der Waals surface area contributed by atoms with Crippen molar-refractivity contribution in [2.75, 3.05) is 0 Å². The molecule has 0 N–H and O–H groups in total. The molecule has 84 valence electrons.